The van der Waals surface area contributed by atoms with Gasteiger partial charge in [-0.15, -0.1) is 0 Å². The Balaban J connectivity index is 2.48. The average Bonchev–Trinajstić information content (AvgIpc) is 2.37. The normalized spacial score (nSPS) is 12.0. The monoisotopic (exact) mass is 272 g/mol. The van der Waals surface area contributed by atoms with E-state index in [2.05, 4.69) is 18.3 Å². The number of rotatable bonds is 7. The van der Waals surface area contributed by atoms with E-state index in [9.17, 15) is 13.2 Å². The summed E-state index contributed by atoms with van der Waals surface area (Å²) in [6.45, 7) is 2.50. The Hall–Kier alpha value is -1.52. The first-order valence-corrected chi connectivity index (χ1v) is 6.30. The molecule has 0 unspecified atom stereocenters. The van der Waals surface area contributed by atoms with Crippen LogP contribution in [0.25, 0.3) is 0 Å². The molecule has 0 saturated carbocycles. The van der Waals surface area contributed by atoms with Gasteiger partial charge in [-0.05, 0) is 18.9 Å². The molecule has 0 N–H and O–H groups in total. The van der Waals surface area contributed by atoms with Crippen LogP contribution in [0.15, 0.2) is 29.4 Å². The number of hydrogen-bond acceptors (Lipinski definition) is 2. The highest BCUT2D eigenvalue weighted by atomic mass is 19.4. The molecule has 5 heteroatoms. The Morgan fingerprint density at radius 2 is 1.89 bits per heavy atom. The molecular formula is C14H17F3NO. The van der Waals surface area contributed by atoms with E-state index in [1.165, 1.54) is 18.2 Å². The number of hydrogen-bond donors (Lipinski definition) is 0. The third kappa shape index (κ3) is 5.77. The predicted molar refractivity (Wildman–Crippen MR) is 68.1 cm³/mol. The Labute approximate surface area is 111 Å². The summed E-state index contributed by atoms with van der Waals surface area (Å²) in [7, 11) is 0. The van der Waals surface area contributed by atoms with Crippen LogP contribution in [0.5, 0.6) is 0 Å². The first-order valence-electron chi connectivity index (χ1n) is 6.30. The SMILES string of the molecule is CCCCCCO/N=[C]/c1ccccc1C(F)(F)F. The van der Waals surface area contributed by atoms with Crippen molar-refractivity contribution in [3.8, 4) is 0 Å². The van der Waals surface area contributed by atoms with Gasteiger partial charge >= 0.3 is 6.18 Å². The summed E-state index contributed by atoms with van der Waals surface area (Å²) in [5.74, 6) is 0. The van der Waals surface area contributed by atoms with Crippen molar-refractivity contribution >= 4 is 6.21 Å². The molecule has 1 rings (SSSR count). The summed E-state index contributed by atoms with van der Waals surface area (Å²) in [5, 5.41) is 3.46. The lowest BCUT2D eigenvalue weighted by Gasteiger charge is -2.08. The van der Waals surface area contributed by atoms with Gasteiger partial charge in [0, 0.05) is 5.56 Å². The van der Waals surface area contributed by atoms with Gasteiger partial charge in [0.2, 0.25) is 0 Å². The molecule has 19 heavy (non-hydrogen) atoms. The number of nitrogens with zero attached hydrogens (tertiary/aromatic N) is 1. The van der Waals surface area contributed by atoms with E-state index in [0.29, 0.717) is 6.61 Å². The summed E-state index contributed by atoms with van der Waals surface area (Å²) in [6.07, 6.45) is 2.01. The van der Waals surface area contributed by atoms with Crippen LogP contribution in [0.4, 0.5) is 13.2 Å². The molecule has 0 fully saturated rings. The highest BCUT2D eigenvalue weighted by Crippen LogP contribution is 2.31. The minimum Gasteiger partial charge on any atom is -0.395 e. The molecule has 2 nitrogen and oxygen atoms in total. The largest absolute Gasteiger partial charge is 0.417 e. The lowest BCUT2D eigenvalue weighted by atomic mass is 10.1. The van der Waals surface area contributed by atoms with E-state index < -0.39 is 11.7 Å². The Morgan fingerprint density at radius 1 is 1.16 bits per heavy atom. The molecule has 0 amide bonds. The van der Waals surface area contributed by atoms with Crippen LogP contribution in [0.3, 0.4) is 0 Å². The maximum absolute atomic E-state index is 12.6. The standard InChI is InChI=1S/C14H17F3NO/c1-2-3-4-7-10-19-18-11-12-8-5-6-9-13(12)14(15,16)17/h5-6,8-9H,2-4,7,10H2,1H3. The fourth-order valence-corrected chi connectivity index (χ4v) is 1.55. The second kappa shape index (κ2) is 7.81. The van der Waals surface area contributed by atoms with Crippen molar-refractivity contribution in [2.45, 2.75) is 38.8 Å². The lowest BCUT2D eigenvalue weighted by molar-refractivity contribution is -0.137. The van der Waals surface area contributed by atoms with E-state index in [0.717, 1.165) is 31.7 Å². The molecule has 0 aliphatic carbocycles. The van der Waals surface area contributed by atoms with Crippen LogP contribution in [-0.2, 0) is 11.0 Å². The second-order valence-corrected chi connectivity index (χ2v) is 4.14. The summed E-state index contributed by atoms with van der Waals surface area (Å²) < 4.78 is 37.9. The van der Waals surface area contributed by atoms with Gasteiger partial charge in [0.05, 0.1) is 5.56 Å². The van der Waals surface area contributed by atoms with Gasteiger partial charge in [-0.3, -0.25) is 0 Å². The first-order chi connectivity index (χ1) is 9.05. The van der Waals surface area contributed by atoms with Crippen molar-refractivity contribution in [2.75, 3.05) is 6.61 Å². The molecular weight excluding hydrogens is 255 g/mol. The smallest absolute Gasteiger partial charge is 0.395 e. The van der Waals surface area contributed by atoms with Crippen LogP contribution in [-0.4, -0.2) is 12.8 Å². The van der Waals surface area contributed by atoms with E-state index in [1.807, 2.05) is 0 Å². The van der Waals surface area contributed by atoms with Crippen molar-refractivity contribution < 1.29 is 18.0 Å². The molecule has 0 heterocycles. The summed E-state index contributed by atoms with van der Waals surface area (Å²) in [5.41, 5.74) is -0.864. The van der Waals surface area contributed by atoms with Gasteiger partial charge in [0.1, 0.15) is 12.8 Å². The number of benzene rings is 1. The zero-order valence-electron chi connectivity index (χ0n) is 10.8. The molecule has 0 atom stereocenters. The molecule has 0 saturated heterocycles. The lowest BCUT2D eigenvalue weighted by Crippen LogP contribution is -2.08. The van der Waals surface area contributed by atoms with E-state index in [1.54, 1.807) is 0 Å². The molecule has 0 aliphatic rings. The van der Waals surface area contributed by atoms with Crippen LogP contribution < -0.4 is 0 Å². The number of unbranched alkanes of at least 4 members (excludes halogenated alkanes) is 3. The van der Waals surface area contributed by atoms with Crippen LogP contribution in [0.1, 0.15) is 43.7 Å². The fraction of sp³-hybridized carbons (Fsp3) is 0.500. The van der Waals surface area contributed by atoms with E-state index >= 15 is 0 Å². The molecule has 0 bridgehead atoms. The highest BCUT2D eigenvalue weighted by Gasteiger charge is 2.32. The predicted octanol–water partition coefficient (Wildman–Crippen LogP) is 4.51. The Bertz CT molecular complexity index is 402. The second-order valence-electron chi connectivity index (χ2n) is 4.14. The van der Waals surface area contributed by atoms with Crippen LogP contribution in [0, 0.1) is 0 Å². The number of halogens is 3. The summed E-state index contributed by atoms with van der Waals surface area (Å²) >= 11 is 0. The van der Waals surface area contributed by atoms with Gasteiger partial charge < -0.3 is 4.84 Å². The fourth-order valence-electron chi connectivity index (χ4n) is 1.55. The zero-order chi connectivity index (χ0) is 14.1. The van der Waals surface area contributed by atoms with E-state index in [4.69, 9.17) is 4.84 Å². The van der Waals surface area contributed by atoms with Crippen LogP contribution in [0.2, 0.25) is 0 Å². The molecule has 1 aromatic carbocycles. The number of alkyl halides is 3. The summed E-state index contributed by atoms with van der Waals surface area (Å²) in [4.78, 5) is 4.90. The zero-order valence-corrected chi connectivity index (χ0v) is 10.8. The van der Waals surface area contributed by atoms with Crippen molar-refractivity contribution in [1.82, 2.24) is 0 Å². The van der Waals surface area contributed by atoms with Gasteiger partial charge in [-0.25, -0.2) is 0 Å². The molecule has 0 spiro atoms. The molecule has 1 aromatic rings. The van der Waals surface area contributed by atoms with Gasteiger partial charge in [0.15, 0.2) is 0 Å². The highest BCUT2D eigenvalue weighted by molar-refractivity contribution is 5.81. The first kappa shape index (κ1) is 15.5. The van der Waals surface area contributed by atoms with Crippen molar-refractivity contribution in [3.63, 3.8) is 0 Å². The van der Waals surface area contributed by atoms with Gasteiger partial charge in [-0.1, -0.05) is 43.1 Å². The third-order valence-corrected chi connectivity index (χ3v) is 2.55. The minimum absolute atomic E-state index is 0.108. The van der Waals surface area contributed by atoms with Gasteiger partial charge in [0.25, 0.3) is 0 Å². The maximum atomic E-state index is 12.6. The summed E-state index contributed by atoms with van der Waals surface area (Å²) in [6, 6.07) is 5.15. The molecule has 0 aromatic heterocycles. The maximum Gasteiger partial charge on any atom is 0.417 e. The van der Waals surface area contributed by atoms with Crippen LogP contribution >= 0.6 is 0 Å². The van der Waals surface area contributed by atoms with E-state index in [-0.39, 0.29) is 5.56 Å². The quantitative estimate of drug-likeness (QED) is 0.406. The third-order valence-electron chi connectivity index (χ3n) is 2.55. The van der Waals surface area contributed by atoms with Crippen molar-refractivity contribution in [2.24, 2.45) is 5.16 Å². The Kier molecular flexibility index (Phi) is 6.39. The molecule has 105 valence electrons. The molecule has 0 aliphatic heterocycles. The minimum atomic E-state index is -4.40. The Morgan fingerprint density at radius 3 is 2.58 bits per heavy atom. The van der Waals surface area contributed by atoms with Gasteiger partial charge in [-0.2, -0.15) is 13.2 Å². The average molecular weight is 272 g/mol. The van der Waals surface area contributed by atoms with Crippen molar-refractivity contribution in [1.29, 1.82) is 0 Å². The molecule has 1 radical (unpaired) electrons. The van der Waals surface area contributed by atoms with Crippen molar-refractivity contribution in [3.05, 3.63) is 35.4 Å². The topological polar surface area (TPSA) is 21.6 Å².